The van der Waals surface area contributed by atoms with Gasteiger partial charge in [0.05, 0.1) is 10.1 Å². The van der Waals surface area contributed by atoms with E-state index in [0.717, 1.165) is 12.8 Å². The monoisotopic (exact) mass is 185 g/mol. The van der Waals surface area contributed by atoms with Crippen molar-refractivity contribution in [3.8, 4) is 0 Å². The first-order valence-electron chi connectivity index (χ1n) is 3.37. The third-order valence-corrected chi connectivity index (χ3v) is 3.02. The minimum Gasteiger partial charge on any atom is -0.748 e. The first kappa shape index (κ1) is 11.9. The van der Waals surface area contributed by atoms with Crippen molar-refractivity contribution < 1.29 is 42.5 Å². The molecule has 1 unspecified atom stereocenters. The minimum atomic E-state index is -4.01. The molecular weight excluding hydrogens is 175 g/mol. The van der Waals surface area contributed by atoms with Crippen LogP contribution in [0.5, 0.6) is 0 Å². The Kier molecular flexibility index (Phi) is 5.22. The zero-order valence-electron chi connectivity index (χ0n) is 6.62. The van der Waals surface area contributed by atoms with Gasteiger partial charge in [0.2, 0.25) is 0 Å². The van der Waals surface area contributed by atoms with Crippen molar-refractivity contribution in [1.29, 1.82) is 0 Å². The van der Waals surface area contributed by atoms with Crippen LogP contribution in [0.4, 0.5) is 0 Å². The van der Waals surface area contributed by atoms with Crippen LogP contribution in [0.2, 0.25) is 0 Å². The van der Waals surface area contributed by atoms with E-state index in [4.69, 9.17) is 0 Å². The van der Waals surface area contributed by atoms with Gasteiger partial charge in [0, 0.05) is 5.25 Å². The second-order valence-corrected chi connectivity index (χ2v) is 4.22. The summed E-state index contributed by atoms with van der Waals surface area (Å²) in [5, 5.41) is -0.638. The van der Waals surface area contributed by atoms with Crippen LogP contribution in [0, 0.1) is 6.42 Å². The predicted octanol–water partition coefficient (Wildman–Crippen LogP) is -2.32. The molecule has 1 aliphatic rings. The molecule has 1 aliphatic carbocycles. The summed E-state index contributed by atoms with van der Waals surface area (Å²) >= 11 is 0. The molecule has 1 radical (unpaired) electrons. The Morgan fingerprint density at radius 2 is 2.09 bits per heavy atom. The molecule has 5 heteroatoms. The van der Waals surface area contributed by atoms with Crippen LogP contribution in [-0.4, -0.2) is 18.2 Å². The summed E-state index contributed by atoms with van der Waals surface area (Å²) in [6.07, 6.45) is 4.66. The van der Waals surface area contributed by atoms with Gasteiger partial charge in [0.25, 0.3) is 0 Å². The average Bonchev–Trinajstić information content (AvgIpc) is 1.88. The van der Waals surface area contributed by atoms with E-state index in [-0.39, 0.29) is 29.6 Å². The van der Waals surface area contributed by atoms with Crippen molar-refractivity contribution in [3.05, 3.63) is 6.42 Å². The van der Waals surface area contributed by atoms with Gasteiger partial charge in [0.1, 0.15) is 0 Å². The number of hydrogen-bond acceptors (Lipinski definition) is 3. The van der Waals surface area contributed by atoms with Gasteiger partial charge in [0.15, 0.2) is 0 Å². The number of hydrogen-bond donors (Lipinski definition) is 0. The van der Waals surface area contributed by atoms with Crippen molar-refractivity contribution in [2.45, 2.75) is 30.9 Å². The summed E-state index contributed by atoms with van der Waals surface area (Å²) in [6.45, 7) is 0. The maximum absolute atomic E-state index is 10.4. The fraction of sp³-hybridized carbons (Fsp3) is 0.833. The van der Waals surface area contributed by atoms with Gasteiger partial charge in [-0.2, -0.15) is 0 Å². The van der Waals surface area contributed by atoms with Crippen molar-refractivity contribution in [2.24, 2.45) is 0 Å². The Bertz CT molecular complexity index is 194. The maximum Gasteiger partial charge on any atom is 1.00 e. The third kappa shape index (κ3) is 3.90. The van der Waals surface area contributed by atoms with Crippen molar-refractivity contribution in [1.82, 2.24) is 0 Å². The van der Waals surface area contributed by atoms with Crippen molar-refractivity contribution in [2.75, 3.05) is 0 Å². The molecule has 0 aromatic heterocycles. The molecule has 11 heavy (non-hydrogen) atoms. The van der Waals surface area contributed by atoms with E-state index in [1.54, 1.807) is 0 Å². The zero-order valence-corrected chi connectivity index (χ0v) is 9.43. The Balaban J connectivity index is 0.000001000. The molecule has 0 N–H and O–H groups in total. The normalized spacial score (nSPS) is 20.8. The van der Waals surface area contributed by atoms with Gasteiger partial charge in [-0.15, -0.1) is 0 Å². The Morgan fingerprint density at radius 3 is 2.36 bits per heavy atom. The van der Waals surface area contributed by atoms with Crippen LogP contribution in [0.3, 0.4) is 0 Å². The van der Waals surface area contributed by atoms with E-state index in [2.05, 4.69) is 0 Å². The van der Waals surface area contributed by atoms with Crippen LogP contribution >= 0.6 is 0 Å². The van der Waals surface area contributed by atoms with E-state index in [1.165, 1.54) is 0 Å². The second kappa shape index (κ2) is 4.82. The summed E-state index contributed by atoms with van der Waals surface area (Å²) < 4.78 is 31.2. The average molecular weight is 185 g/mol. The molecule has 3 nitrogen and oxygen atoms in total. The molecule has 1 fully saturated rings. The Hall–Kier alpha value is 0.910. The van der Waals surface area contributed by atoms with Crippen LogP contribution < -0.4 is 29.6 Å². The third-order valence-electron chi connectivity index (χ3n) is 1.77. The quantitative estimate of drug-likeness (QED) is 0.340. The predicted molar refractivity (Wildman–Crippen MR) is 36.3 cm³/mol. The topological polar surface area (TPSA) is 57.2 Å². The van der Waals surface area contributed by atoms with Crippen LogP contribution in [0.1, 0.15) is 25.7 Å². The molecule has 0 aliphatic heterocycles. The summed E-state index contributed by atoms with van der Waals surface area (Å²) in [4.78, 5) is 0. The molecule has 0 aromatic carbocycles. The largest absolute Gasteiger partial charge is 1.00 e. The van der Waals surface area contributed by atoms with Gasteiger partial charge in [-0.3, -0.25) is 0 Å². The first-order valence-corrected chi connectivity index (χ1v) is 4.84. The molecule has 1 saturated carbocycles. The van der Waals surface area contributed by atoms with E-state index >= 15 is 0 Å². The summed E-state index contributed by atoms with van der Waals surface area (Å²) in [7, 11) is -4.01. The minimum absolute atomic E-state index is 0. The van der Waals surface area contributed by atoms with Crippen molar-refractivity contribution in [3.63, 3.8) is 0 Å². The molecular formula is C6H10NaO3S. The van der Waals surface area contributed by atoms with Gasteiger partial charge in [-0.05, 0) is 19.3 Å². The first-order chi connectivity index (χ1) is 4.61. The molecule has 0 heterocycles. The zero-order chi connectivity index (χ0) is 7.61. The fourth-order valence-corrected chi connectivity index (χ4v) is 2.00. The van der Waals surface area contributed by atoms with Gasteiger partial charge in [-0.25, -0.2) is 8.42 Å². The Labute approximate surface area is 89.6 Å². The van der Waals surface area contributed by atoms with Crippen molar-refractivity contribution >= 4 is 10.1 Å². The van der Waals surface area contributed by atoms with Gasteiger partial charge >= 0.3 is 29.6 Å². The van der Waals surface area contributed by atoms with E-state index in [1.807, 2.05) is 6.42 Å². The molecule has 0 aromatic rings. The smallest absolute Gasteiger partial charge is 0.748 e. The molecule has 0 amide bonds. The SMILES string of the molecule is O=S(=O)([O-])C1C[CH]CCC1.[Na+]. The Morgan fingerprint density at radius 1 is 1.45 bits per heavy atom. The van der Waals surface area contributed by atoms with Gasteiger partial charge in [-0.1, -0.05) is 12.8 Å². The molecule has 0 saturated heterocycles. The summed E-state index contributed by atoms with van der Waals surface area (Å²) in [6, 6.07) is 0. The summed E-state index contributed by atoms with van der Waals surface area (Å²) in [5.41, 5.74) is 0. The summed E-state index contributed by atoms with van der Waals surface area (Å²) in [5.74, 6) is 0. The molecule has 0 bridgehead atoms. The van der Waals surface area contributed by atoms with E-state index in [0.29, 0.717) is 12.8 Å². The maximum atomic E-state index is 10.4. The standard InChI is InChI=1S/C6H11O3S.Na/c7-10(8,9)6-4-2-1-3-5-6;/h2,6H,1,3-5H2,(H,7,8,9);/q;+1/p-1. The second-order valence-electron chi connectivity index (χ2n) is 2.57. The fourth-order valence-electron chi connectivity index (χ4n) is 1.17. The molecule has 59 valence electrons. The molecule has 0 spiro atoms. The van der Waals surface area contributed by atoms with Gasteiger partial charge < -0.3 is 4.55 Å². The van der Waals surface area contributed by atoms with Crippen LogP contribution in [0.15, 0.2) is 0 Å². The van der Waals surface area contributed by atoms with E-state index in [9.17, 15) is 13.0 Å². The molecule has 1 atom stereocenters. The number of rotatable bonds is 1. The van der Waals surface area contributed by atoms with Crippen LogP contribution in [0.25, 0.3) is 0 Å². The van der Waals surface area contributed by atoms with E-state index < -0.39 is 15.4 Å². The van der Waals surface area contributed by atoms with Crippen LogP contribution in [-0.2, 0) is 10.1 Å². The molecule has 1 rings (SSSR count).